The van der Waals surface area contributed by atoms with Gasteiger partial charge in [0.25, 0.3) is 5.91 Å². The number of aromatic nitrogens is 1. The predicted molar refractivity (Wildman–Crippen MR) is 68.5 cm³/mol. The number of hydrogen-bond donors (Lipinski definition) is 1. The molecule has 1 aromatic heterocycles. The summed E-state index contributed by atoms with van der Waals surface area (Å²) in [5.74, 6) is 0.536. The maximum Gasteiger partial charge on any atom is 0.272 e. The second kappa shape index (κ2) is 5.35. The molecule has 5 heteroatoms. The Labute approximate surface area is 107 Å². The molecule has 2 unspecified atom stereocenters. The molecule has 1 heterocycles. The van der Waals surface area contributed by atoms with Crippen LogP contribution in [0.25, 0.3) is 0 Å². The van der Waals surface area contributed by atoms with Gasteiger partial charge in [-0.05, 0) is 25.3 Å². The average Bonchev–Trinajstić information content (AvgIpc) is 2.74. The van der Waals surface area contributed by atoms with Gasteiger partial charge in [0.15, 0.2) is 0 Å². The standard InChI is InChI=1S/C13H19N3O2/c1-16(2)13(17)11-8-9(6-7-15-11)18-12-5-3-4-10(12)14/h6-8,10,12H,3-5,14H2,1-2H3. The highest BCUT2D eigenvalue weighted by Crippen LogP contribution is 2.23. The minimum atomic E-state index is -0.129. The van der Waals surface area contributed by atoms with Gasteiger partial charge < -0.3 is 15.4 Å². The van der Waals surface area contributed by atoms with E-state index in [1.165, 1.54) is 4.90 Å². The molecular formula is C13H19N3O2. The minimum absolute atomic E-state index is 0.0507. The number of carbonyl (C=O) groups is 1. The molecule has 0 radical (unpaired) electrons. The van der Waals surface area contributed by atoms with Crippen LogP contribution in [-0.2, 0) is 0 Å². The topological polar surface area (TPSA) is 68.5 Å². The van der Waals surface area contributed by atoms with Gasteiger partial charge >= 0.3 is 0 Å². The zero-order chi connectivity index (χ0) is 13.1. The van der Waals surface area contributed by atoms with Gasteiger partial charge in [-0.3, -0.25) is 9.78 Å². The molecule has 2 rings (SSSR count). The Morgan fingerprint density at radius 1 is 1.50 bits per heavy atom. The second-order valence-corrected chi connectivity index (χ2v) is 4.83. The van der Waals surface area contributed by atoms with Gasteiger partial charge in [-0.1, -0.05) is 0 Å². The van der Waals surface area contributed by atoms with Gasteiger partial charge in [0, 0.05) is 32.4 Å². The maximum atomic E-state index is 11.8. The van der Waals surface area contributed by atoms with Crippen molar-refractivity contribution in [3.05, 3.63) is 24.0 Å². The highest BCUT2D eigenvalue weighted by molar-refractivity contribution is 5.92. The third-order valence-electron chi connectivity index (χ3n) is 3.15. The number of pyridine rings is 1. The Morgan fingerprint density at radius 3 is 2.89 bits per heavy atom. The molecule has 1 aliphatic rings. The summed E-state index contributed by atoms with van der Waals surface area (Å²) < 4.78 is 5.82. The Kier molecular flexibility index (Phi) is 3.81. The number of nitrogens with zero attached hydrogens (tertiary/aromatic N) is 2. The molecule has 0 saturated heterocycles. The SMILES string of the molecule is CN(C)C(=O)c1cc(OC2CCCC2N)ccn1. The van der Waals surface area contributed by atoms with E-state index < -0.39 is 0 Å². The van der Waals surface area contributed by atoms with Crippen molar-refractivity contribution >= 4 is 5.91 Å². The van der Waals surface area contributed by atoms with Crippen molar-refractivity contribution in [3.63, 3.8) is 0 Å². The molecule has 1 aliphatic carbocycles. The molecule has 1 fully saturated rings. The second-order valence-electron chi connectivity index (χ2n) is 4.83. The number of amides is 1. The summed E-state index contributed by atoms with van der Waals surface area (Å²) >= 11 is 0. The fourth-order valence-corrected chi connectivity index (χ4v) is 2.11. The monoisotopic (exact) mass is 249 g/mol. The van der Waals surface area contributed by atoms with Crippen LogP contribution in [0.2, 0.25) is 0 Å². The quantitative estimate of drug-likeness (QED) is 0.869. The molecule has 0 aliphatic heterocycles. The third-order valence-corrected chi connectivity index (χ3v) is 3.15. The molecule has 18 heavy (non-hydrogen) atoms. The van der Waals surface area contributed by atoms with E-state index in [4.69, 9.17) is 10.5 Å². The molecule has 98 valence electrons. The van der Waals surface area contributed by atoms with Crippen LogP contribution in [0.3, 0.4) is 0 Å². The van der Waals surface area contributed by atoms with E-state index in [9.17, 15) is 4.79 Å². The molecule has 1 saturated carbocycles. The fourth-order valence-electron chi connectivity index (χ4n) is 2.11. The first-order chi connectivity index (χ1) is 8.58. The van der Waals surface area contributed by atoms with E-state index >= 15 is 0 Å². The first-order valence-electron chi connectivity index (χ1n) is 6.18. The third kappa shape index (κ3) is 2.79. The zero-order valence-corrected chi connectivity index (χ0v) is 10.8. The van der Waals surface area contributed by atoms with Crippen LogP contribution in [0.5, 0.6) is 5.75 Å². The normalized spacial score (nSPS) is 22.8. The molecule has 1 amide bonds. The first kappa shape index (κ1) is 12.8. The lowest BCUT2D eigenvalue weighted by Crippen LogP contribution is -2.33. The van der Waals surface area contributed by atoms with Crippen LogP contribution >= 0.6 is 0 Å². The van der Waals surface area contributed by atoms with Crippen molar-refractivity contribution in [2.45, 2.75) is 31.4 Å². The van der Waals surface area contributed by atoms with E-state index in [1.807, 2.05) is 0 Å². The number of hydrogen-bond acceptors (Lipinski definition) is 4. The number of ether oxygens (including phenoxy) is 1. The van der Waals surface area contributed by atoms with E-state index in [-0.39, 0.29) is 18.1 Å². The van der Waals surface area contributed by atoms with E-state index in [1.54, 1.807) is 32.4 Å². The summed E-state index contributed by atoms with van der Waals surface area (Å²) in [7, 11) is 3.40. The Balaban J connectivity index is 2.10. The van der Waals surface area contributed by atoms with Gasteiger partial charge in [0.05, 0.1) is 0 Å². The fraction of sp³-hybridized carbons (Fsp3) is 0.538. The molecule has 2 atom stereocenters. The van der Waals surface area contributed by atoms with Crippen molar-refractivity contribution in [1.82, 2.24) is 9.88 Å². The summed E-state index contributed by atoms with van der Waals surface area (Å²) in [6.07, 6.45) is 4.71. The van der Waals surface area contributed by atoms with Crippen molar-refractivity contribution < 1.29 is 9.53 Å². The van der Waals surface area contributed by atoms with Crippen molar-refractivity contribution in [1.29, 1.82) is 0 Å². The number of rotatable bonds is 3. The zero-order valence-electron chi connectivity index (χ0n) is 10.8. The predicted octanol–water partition coefficient (Wildman–Crippen LogP) is 1.04. The molecule has 5 nitrogen and oxygen atoms in total. The van der Waals surface area contributed by atoms with Crippen molar-refractivity contribution in [2.24, 2.45) is 5.73 Å². The first-order valence-corrected chi connectivity index (χ1v) is 6.18. The summed E-state index contributed by atoms with van der Waals surface area (Å²) in [6.45, 7) is 0. The van der Waals surface area contributed by atoms with Crippen LogP contribution in [0.1, 0.15) is 29.8 Å². The molecular weight excluding hydrogens is 230 g/mol. The summed E-state index contributed by atoms with van der Waals surface area (Å²) in [4.78, 5) is 17.3. The smallest absolute Gasteiger partial charge is 0.272 e. The van der Waals surface area contributed by atoms with Crippen LogP contribution in [0.15, 0.2) is 18.3 Å². The van der Waals surface area contributed by atoms with Gasteiger partial charge in [-0.15, -0.1) is 0 Å². The summed E-state index contributed by atoms with van der Waals surface area (Å²) in [6, 6.07) is 3.52. The summed E-state index contributed by atoms with van der Waals surface area (Å²) in [5, 5.41) is 0. The lowest BCUT2D eigenvalue weighted by molar-refractivity contribution is 0.0821. The number of nitrogens with two attached hydrogens (primary N) is 1. The van der Waals surface area contributed by atoms with Gasteiger partial charge in [-0.2, -0.15) is 0 Å². The van der Waals surface area contributed by atoms with Crippen molar-refractivity contribution in [2.75, 3.05) is 14.1 Å². The van der Waals surface area contributed by atoms with Crippen LogP contribution < -0.4 is 10.5 Å². The van der Waals surface area contributed by atoms with Gasteiger partial charge in [-0.25, -0.2) is 0 Å². The Hall–Kier alpha value is -1.62. The van der Waals surface area contributed by atoms with Crippen molar-refractivity contribution in [3.8, 4) is 5.75 Å². The summed E-state index contributed by atoms with van der Waals surface area (Å²) in [5.41, 5.74) is 6.35. The maximum absolute atomic E-state index is 11.8. The van der Waals surface area contributed by atoms with Crippen LogP contribution in [0, 0.1) is 0 Å². The molecule has 2 N–H and O–H groups in total. The molecule has 0 aromatic carbocycles. The van der Waals surface area contributed by atoms with E-state index in [2.05, 4.69) is 4.98 Å². The lowest BCUT2D eigenvalue weighted by Gasteiger charge is -2.18. The van der Waals surface area contributed by atoms with E-state index in [0.717, 1.165) is 19.3 Å². The average molecular weight is 249 g/mol. The lowest BCUT2D eigenvalue weighted by atomic mass is 10.2. The highest BCUT2D eigenvalue weighted by Gasteiger charge is 2.25. The largest absolute Gasteiger partial charge is 0.489 e. The van der Waals surface area contributed by atoms with Crippen LogP contribution in [0.4, 0.5) is 0 Å². The Bertz CT molecular complexity index is 434. The molecule has 1 aromatic rings. The van der Waals surface area contributed by atoms with Gasteiger partial charge in [0.2, 0.25) is 0 Å². The minimum Gasteiger partial charge on any atom is -0.489 e. The Morgan fingerprint density at radius 2 is 2.28 bits per heavy atom. The van der Waals surface area contributed by atoms with E-state index in [0.29, 0.717) is 11.4 Å². The highest BCUT2D eigenvalue weighted by atomic mass is 16.5. The molecule has 0 spiro atoms. The molecule has 0 bridgehead atoms. The van der Waals surface area contributed by atoms with Crippen LogP contribution in [-0.4, -0.2) is 42.0 Å². The van der Waals surface area contributed by atoms with Gasteiger partial charge in [0.1, 0.15) is 17.5 Å². The number of carbonyl (C=O) groups excluding carboxylic acids is 1.